The van der Waals surface area contributed by atoms with Crippen LogP contribution < -0.4 is 0 Å². The van der Waals surface area contributed by atoms with E-state index in [-0.39, 0.29) is 11.4 Å². The van der Waals surface area contributed by atoms with Crippen molar-refractivity contribution in [2.24, 2.45) is 11.3 Å². The zero-order chi connectivity index (χ0) is 18.7. The minimum Gasteiger partial charge on any atom is -0.429 e. The van der Waals surface area contributed by atoms with Crippen molar-refractivity contribution in [3.05, 3.63) is 23.3 Å². The van der Waals surface area contributed by atoms with Crippen LogP contribution in [0.15, 0.2) is 23.3 Å². The number of allylic oxidation sites excluding steroid dienone is 2. The van der Waals surface area contributed by atoms with Crippen LogP contribution in [0.25, 0.3) is 0 Å². The van der Waals surface area contributed by atoms with Gasteiger partial charge in [0.05, 0.1) is 5.60 Å². The number of ether oxygens (including phenoxy) is 2. The second-order valence-corrected chi connectivity index (χ2v) is 8.58. The van der Waals surface area contributed by atoms with Crippen LogP contribution in [0.3, 0.4) is 0 Å². The molecular formula is C21H34O4. The molecule has 0 amide bonds. The average molecular weight is 350 g/mol. The molecule has 2 rings (SSSR count). The number of esters is 1. The summed E-state index contributed by atoms with van der Waals surface area (Å²) in [5.41, 5.74) is 1.66. The van der Waals surface area contributed by atoms with Gasteiger partial charge < -0.3 is 14.6 Å². The van der Waals surface area contributed by atoms with Crippen molar-refractivity contribution in [3.63, 3.8) is 0 Å². The Bertz CT molecular complexity index is 526. The third-order valence-corrected chi connectivity index (χ3v) is 5.99. The van der Waals surface area contributed by atoms with Gasteiger partial charge in [0.1, 0.15) is 0 Å². The minimum atomic E-state index is -0.560. The van der Waals surface area contributed by atoms with Gasteiger partial charge in [-0.25, -0.2) is 4.79 Å². The molecule has 1 heterocycles. The molecule has 2 aliphatic rings. The van der Waals surface area contributed by atoms with Crippen LogP contribution in [0.5, 0.6) is 0 Å². The highest BCUT2D eigenvalue weighted by atomic mass is 16.7. The summed E-state index contributed by atoms with van der Waals surface area (Å²) in [7, 11) is 1.53. The Kier molecular flexibility index (Phi) is 6.50. The maximum atomic E-state index is 11.7. The van der Waals surface area contributed by atoms with Crippen molar-refractivity contribution in [2.75, 3.05) is 7.11 Å². The largest absolute Gasteiger partial charge is 0.429 e. The summed E-state index contributed by atoms with van der Waals surface area (Å²) >= 11 is 0. The molecule has 1 N–H and O–H groups in total. The summed E-state index contributed by atoms with van der Waals surface area (Å²) in [6.45, 7) is 8.72. The van der Waals surface area contributed by atoms with Crippen LogP contribution in [0.2, 0.25) is 0 Å². The predicted octanol–water partition coefficient (Wildman–Crippen LogP) is 4.53. The first-order chi connectivity index (χ1) is 11.7. The molecule has 1 aliphatic heterocycles. The Morgan fingerprint density at radius 3 is 2.72 bits per heavy atom. The molecule has 1 saturated carbocycles. The number of rotatable bonds is 7. The Morgan fingerprint density at radius 1 is 1.40 bits per heavy atom. The van der Waals surface area contributed by atoms with E-state index >= 15 is 0 Å². The van der Waals surface area contributed by atoms with Crippen molar-refractivity contribution < 1.29 is 19.4 Å². The van der Waals surface area contributed by atoms with E-state index in [2.05, 4.69) is 26.8 Å². The lowest BCUT2D eigenvalue weighted by molar-refractivity contribution is -0.155. The fourth-order valence-corrected chi connectivity index (χ4v) is 4.49. The summed E-state index contributed by atoms with van der Waals surface area (Å²) in [5, 5.41) is 10.8. The average Bonchev–Trinajstić information content (AvgIpc) is 2.86. The molecule has 3 unspecified atom stereocenters. The minimum absolute atomic E-state index is 0.190. The predicted molar refractivity (Wildman–Crippen MR) is 98.9 cm³/mol. The Hall–Kier alpha value is -1.13. The van der Waals surface area contributed by atoms with Crippen LogP contribution in [-0.4, -0.2) is 30.1 Å². The van der Waals surface area contributed by atoms with Gasteiger partial charge in [0.2, 0.25) is 6.29 Å². The molecule has 4 nitrogen and oxygen atoms in total. The molecule has 4 heteroatoms. The smallest absolute Gasteiger partial charge is 0.336 e. The first-order valence-corrected chi connectivity index (χ1v) is 9.48. The SMILES string of the molecule is COC1C=C(CCC=C(C)CCC2C(C)(C)CCCC2(C)O)C(=O)O1. The van der Waals surface area contributed by atoms with Gasteiger partial charge in [0.15, 0.2) is 0 Å². The molecule has 0 aromatic heterocycles. The summed E-state index contributed by atoms with van der Waals surface area (Å²) < 4.78 is 10.1. The lowest BCUT2D eigenvalue weighted by Crippen LogP contribution is -2.46. The van der Waals surface area contributed by atoms with Crippen LogP contribution in [-0.2, 0) is 14.3 Å². The number of hydrogen-bond donors (Lipinski definition) is 1. The van der Waals surface area contributed by atoms with Gasteiger partial charge in [0.25, 0.3) is 0 Å². The third-order valence-electron chi connectivity index (χ3n) is 5.99. The number of carbonyl (C=O) groups excluding carboxylic acids is 1. The molecule has 0 radical (unpaired) electrons. The van der Waals surface area contributed by atoms with Crippen molar-refractivity contribution >= 4 is 5.97 Å². The molecule has 0 aromatic carbocycles. The van der Waals surface area contributed by atoms with E-state index in [0.717, 1.165) is 32.1 Å². The van der Waals surface area contributed by atoms with Crippen molar-refractivity contribution in [1.29, 1.82) is 0 Å². The molecule has 1 aliphatic carbocycles. The van der Waals surface area contributed by atoms with E-state index in [1.54, 1.807) is 6.08 Å². The maximum Gasteiger partial charge on any atom is 0.336 e. The fraction of sp³-hybridized carbons (Fsp3) is 0.762. The van der Waals surface area contributed by atoms with E-state index in [0.29, 0.717) is 17.9 Å². The van der Waals surface area contributed by atoms with Crippen LogP contribution in [0.1, 0.15) is 72.6 Å². The Balaban J connectivity index is 1.84. The maximum absolute atomic E-state index is 11.7. The molecule has 25 heavy (non-hydrogen) atoms. The van der Waals surface area contributed by atoms with Gasteiger partial charge >= 0.3 is 5.97 Å². The first-order valence-electron chi connectivity index (χ1n) is 9.48. The van der Waals surface area contributed by atoms with E-state index < -0.39 is 11.9 Å². The van der Waals surface area contributed by atoms with E-state index in [1.807, 2.05) is 6.92 Å². The lowest BCUT2D eigenvalue weighted by atomic mass is 9.60. The normalized spacial score (nSPS) is 32.5. The number of carbonyl (C=O) groups is 1. The summed E-state index contributed by atoms with van der Waals surface area (Å²) in [6, 6.07) is 0. The number of cyclic esters (lactones) is 1. The van der Waals surface area contributed by atoms with Gasteiger partial charge in [-0.3, -0.25) is 0 Å². The molecule has 3 atom stereocenters. The van der Waals surface area contributed by atoms with Gasteiger partial charge in [-0.05, 0) is 69.8 Å². The lowest BCUT2D eigenvalue weighted by Gasteiger charge is -2.48. The number of hydrogen-bond acceptors (Lipinski definition) is 4. The number of aliphatic hydroxyl groups is 1. The van der Waals surface area contributed by atoms with Crippen molar-refractivity contribution in [1.82, 2.24) is 0 Å². The Morgan fingerprint density at radius 2 is 2.12 bits per heavy atom. The van der Waals surface area contributed by atoms with Crippen LogP contribution in [0, 0.1) is 11.3 Å². The van der Waals surface area contributed by atoms with Gasteiger partial charge in [-0.2, -0.15) is 0 Å². The Labute approximate surface area is 152 Å². The summed E-state index contributed by atoms with van der Waals surface area (Å²) in [6.07, 6.45) is 10.2. The quantitative estimate of drug-likeness (QED) is 0.541. The summed E-state index contributed by atoms with van der Waals surface area (Å²) in [5.74, 6) is 0.0602. The molecule has 0 aromatic rings. The summed E-state index contributed by atoms with van der Waals surface area (Å²) in [4.78, 5) is 11.7. The van der Waals surface area contributed by atoms with Gasteiger partial charge in [-0.15, -0.1) is 0 Å². The number of methoxy groups -OCH3 is 1. The zero-order valence-corrected chi connectivity index (χ0v) is 16.4. The third kappa shape index (κ3) is 5.18. The van der Waals surface area contributed by atoms with E-state index in [9.17, 15) is 9.90 Å². The van der Waals surface area contributed by atoms with Crippen LogP contribution in [0.4, 0.5) is 0 Å². The monoisotopic (exact) mass is 350 g/mol. The molecule has 0 saturated heterocycles. The second kappa shape index (κ2) is 8.05. The standard InChI is InChI=1S/C21H34O4/c1-15(8-6-9-16-14-18(24-5)25-19(16)22)10-11-17-20(2,3)12-7-13-21(17,4)23/h8,14,17-18,23H,6-7,9-13H2,1-5H3. The van der Waals surface area contributed by atoms with Crippen molar-refractivity contribution in [2.45, 2.75) is 84.5 Å². The van der Waals surface area contributed by atoms with Gasteiger partial charge in [-0.1, -0.05) is 31.9 Å². The molecule has 0 bridgehead atoms. The molecule has 1 fully saturated rings. The van der Waals surface area contributed by atoms with Crippen molar-refractivity contribution in [3.8, 4) is 0 Å². The second-order valence-electron chi connectivity index (χ2n) is 8.58. The highest BCUT2D eigenvalue weighted by Crippen LogP contribution is 2.48. The van der Waals surface area contributed by atoms with Gasteiger partial charge in [0, 0.05) is 12.7 Å². The topological polar surface area (TPSA) is 55.8 Å². The van der Waals surface area contributed by atoms with E-state index in [1.165, 1.54) is 19.1 Å². The molecule has 142 valence electrons. The van der Waals surface area contributed by atoms with Crippen LogP contribution >= 0.6 is 0 Å². The highest BCUT2D eigenvalue weighted by Gasteiger charge is 2.44. The molecular weight excluding hydrogens is 316 g/mol. The van der Waals surface area contributed by atoms with E-state index in [4.69, 9.17) is 9.47 Å². The first kappa shape index (κ1) is 20.2. The molecule has 0 spiro atoms. The zero-order valence-electron chi connectivity index (χ0n) is 16.4. The fourth-order valence-electron chi connectivity index (χ4n) is 4.49. The highest BCUT2D eigenvalue weighted by molar-refractivity contribution is 5.90.